The number of aliphatic hydroxyl groups is 1. The highest BCUT2D eigenvalue weighted by Gasteiger charge is 2.13. The first-order valence-corrected chi connectivity index (χ1v) is 7.18. The van der Waals surface area contributed by atoms with Crippen LogP contribution >= 0.6 is 0 Å². The van der Waals surface area contributed by atoms with E-state index in [9.17, 15) is 14.4 Å². The van der Waals surface area contributed by atoms with Crippen LogP contribution in [-0.4, -0.2) is 42.8 Å². The lowest BCUT2D eigenvalue weighted by Crippen LogP contribution is -2.43. The zero-order chi connectivity index (χ0) is 17.5. The Balaban J connectivity index is 1.91. The number of nitrogens with one attached hydrogen (secondary N) is 1. The Morgan fingerprint density at radius 3 is 2.75 bits per heavy atom. The molecule has 1 amide bonds. The molecule has 2 aromatic rings. The van der Waals surface area contributed by atoms with Crippen molar-refractivity contribution in [1.29, 1.82) is 0 Å². The molecule has 2 rings (SSSR count). The van der Waals surface area contributed by atoms with Crippen molar-refractivity contribution in [2.45, 2.75) is 13.0 Å². The van der Waals surface area contributed by atoms with E-state index in [1.807, 2.05) is 0 Å². The van der Waals surface area contributed by atoms with Crippen molar-refractivity contribution in [1.82, 2.24) is 5.32 Å². The van der Waals surface area contributed by atoms with Gasteiger partial charge in [-0.1, -0.05) is 0 Å². The Morgan fingerprint density at radius 2 is 2.04 bits per heavy atom. The number of amides is 1. The smallest absolute Gasteiger partial charge is 0.336 e. The molecule has 0 saturated heterocycles. The highest BCUT2D eigenvalue weighted by Crippen LogP contribution is 2.19. The van der Waals surface area contributed by atoms with Crippen LogP contribution in [-0.2, 0) is 14.3 Å². The maximum atomic E-state index is 11.8. The normalized spacial score (nSPS) is 11.8. The van der Waals surface area contributed by atoms with Crippen molar-refractivity contribution in [2.75, 3.05) is 19.8 Å². The number of carbonyl (C=O) groups excluding carboxylic acids is 2. The van der Waals surface area contributed by atoms with E-state index < -0.39 is 23.5 Å². The molecule has 128 valence electrons. The van der Waals surface area contributed by atoms with Crippen molar-refractivity contribution in [2.24, 2.45) is 0 Å². The van der Waals surface area contributed by atoms with Crippen molar-refractivity contribution < 1.29 is 28.6 Å². The lowest BCUT2D eigenvalue weighted by molar-refractivity contribution is -0.142. The van der Waals surface area contributed by atoms with Crippen molar-refractivity contribution in [3.8, 4) is 5.75 Å². The van der Waals surface area contributed by atoms with Gasteiger partial charge in [0.15, 0.2) is 6.61 Å². The molecule has 8 nitrogen and oxygen atoms in total. The van der Waals surface area contributed by atoms with Crippen LogP contribution in [0.3, 0.4) is 0 Å². The zero-order valence-electron chi connectivity index (χ0n) is 13.0. The molecule has 1 atom stereocenters. The van der Waals surface area contributed by atoms with Crippen molar-refractivity contribution >= 4 is 22.8 Å². The second-order valence-corrected chi connectivity index (χ2v) is 4.99. The molecule has 0 bridgehead atoms. The standard InChI is InChI=1S/C16H17NO7/c1-10(19)22-8-12(7-18)17-15(20)9-23-13-4-2-11-3-5-16(21)24-14(11)6-13/h2-6,12,18H,7-9H2,1H3,(H,17,20)/t12-/m0/s1. The number of aliphatic hydroxyl groups excluding tert-OH is 1. The number of benzene rings is 1. The third-order valence-electron chi connectivity index (χ3n) is 3.04. The molecule has 1 heterocycles. The molecule has 0 radical (unpaired) electrons. The number of rotatable bonds is 7. The van der Waals surface area contributed by atoms with E-state index in [4.69, 9.17) is 19.0 Å². The van der Waals surface area contributed by atoms with Crippen LogP contribution in [0.5, 0.6) is 5.75 Å². The predicted molar refractivity (Wildman–Crippen MR) is 83.6 cm³/mol. The van der Waals surface area contributed by atoms with Gasteiger partial charge in [-0.15, -0.1) is 0 Å². The molecule has 0 spiro atoms. The maximum absolute atomic E-state index is 11.8. The largest absolute Gasteiger partial charge is 0.484 e. The average Bonchev–Trinajstić information content (AvgIpc) is 2.56. The van der Waals surface area contributed by atoms with Gasteiger partial charge in [0.1, 0.15) is 17.9 Å². The van der Waals surface area contributed by atoms with Gasteiger partial charge in [0.05, 0.1) is 12.6 Å². The number of hydrogen-bond donors (Lipinski definition) is 2. The first kappa shape index (κ1) is 17.5. The van der Waals surface area contributed by atoms with E-state index >= 15 is 0 Å². The van der Waals surface area contributed by atoms with Crippen LogP contribution in [0.25, 0.3) is 11.0 Å². The lowest BCUT2D eigenvalue weighted by atomic mass is 10.2. The van der Waals surface area contributed by atoms with E-state index in [2.05, 4.69) is 5.32 Å². The fraction of sp³-hybridized carbons (Fsp3) is 0.312. The van der Waals surface area contributed by atoms with Crippen LogP contribution in [0.15, 0.2) is 39.5 Å². The highest BCUT2D eigenvalue weighted by molar-refractivity contribution is 5.79. The van der Waals surface area contributed by atoms with Gasteiger partial charge in [-0.3, -0.25) is 9.59 Å². The first-order valence-electron chi connectivity index (χ1n) is 7.18. The highest BCUT2D eigenvalue weighted by atomic mass is 16.5. The van der Waals surface area contributed by atoms with Crippen LogP contribution in [0.1, 0.15) is 6.92 Å². The second kappa shape index (κ2) is 8.11. The molecule has 0 aliphatic carbocycles. The summed E-state index contributed by atoms with van der Waals surface area (Å²) in [7, 11) is 0. The Hall–Kier alpha value is -2.87. The van der Waals surface area contributed by atoms with Gasteiger partial charge in [0, 0.05) is 24.4 Å². The van der Waals surface area contributed by atoms with Gasteiger partial charge in [-0.05, 0) is 18.2 Å². The summed E-state index contributed by atoms with van der Waals surface area (Å²) in [6.07, 6.45) is 0. The van der Waals surface area contributed by atoms with Gasteiger partial charge >= 0.3 is 11.6 Å². The molecule has 0 saturated carbocycles. The molecule has 0 aliphatic rings. The van der Waals surface area contributed by atoms with Gasteiger partial charge in [-0.25, -0.2) is 4.79 Å². The Labute approximate surface area is 137 Å². The van der Waals surface area contributed by atoms with Crippen molar-refractivity contribution in [3.05, 3.63) is 40.8 Å². The Bertz CT molecular complexity index is 783. The lowest BCUT2D eigenvalue weighted by Gasteiger charge is -2.16. The number of hydrogen-bond acceptors (Lipinski definition) is 7. The molecule has 0 aliphatic heterocycles. The summed E-state index contributed by atoms with van der Waals surface area (Å²) in [5.41, 5.74) is -0.128. The van der Waals surface area contributed by atoms with E-state index in [1.165, 1.54) is 19.1 Å². The number of esters is 1. The number of ether oxygens (including phenoxy) is 2. The SMILES string of the molecule is CC(=O)OC[C@H](CO)NC(=O)COc1ccc2ccc(=O)oc2c1. The molecular weight excluding hydrogens is 318 g/mol. The van der Waals surface area contributed by atoms with Gasteiger partial charge < -0.3 is 24.3 Å². The van der Waals surface area contributed by atoms with E-state index in [1.54, 1.807) is 18.2 Å². The minimum Gasteiger partial charge on any atom is -0.484 e. The summed E-state index contributed by atoms with van der Waals surface area (Å²) in [6.45, 7) is 0.426. The monoisotopic (exact) mass is 335 g/mol. The summed E-state index contributed by atoms with van der Waals surface area (Å²) in [6, 6.07) is 7.07. The number of carbonyl (C=O) groups is 2. The topological polar surface area (TPSA) is 115 Å². The van der Waals surface area contributed by atoms with E-state index in [0.717, 1.165) is 5.39 Å². The summed E-state index contributed by atoms with van der Waals surface area (Å²) in [4.78, 5) is 33.7. The summed E-state index contributed by atoms with van der Waals surface area (Å²) in [5.74, 6) is -0.639. The maximum Gasteiger partial charge on any atom is 0.336 e. The molecule has 8 heteroatoms. The Morgan fingerprint density at radius 1 is 1.29 bits per heavy atom. The quantitative estimate of drug-likeness (QED) is 0.549. The minimum atomic E-state index is -0.709. The van der Waals surface area contributed by atoms with Gasteiger partial charge in [0.2, 0.25) is 0 Å². The zero-order valence-corrected chi connectivity index (χ0v) is 13.0. The molecule has 24 heavy (non-hydrogen) atoms. The Kier molecular flexibility index (Phi) is 5.91. The minimum absolute atomic E-state index is 0.126. The number of fused-ring (bicyclic) bond motifs is 1. The fourth-order valence-corrected chi connectivity index (χ4v) is 1.91. The van der Waals surface area contributed by atoms with Crippen LogP contribution in [0.2, 0.25) is 0 Å². The van der Waals surface area contributed by atoms with Gasteiger partial charge in [-0.2, -0.15) is 0 Å². The third kappa shape index (κ3) is 5.10. The average molecular weight is 335 g/mol. The molecule has 2 N–H and O–H groups in total. The van der Waals surface area contributed by atoms with E-state index in [0.29, 0.717) is 11.3 Å². The predicted octanol–water partition coefficient (Wildman–Crippen LogP) is 0.212. The second-order valence-electron chi connectivity index (χ2n) is 4.99. The molecule has 1 aromatic carbocycles. The summed E-state index contributed by atoms with van der Waals surface area (Å²) < 4.78 is 15.1. The molecular formula is C16H17NO7. The summed E-state index contributed by atoms with van der Waals surface area (Å²) >= 11 is 0. The molecule has 0 fully saturated rings. The third-order valence-corrected chi connectivity index (χ3v) is 3.04. The molecule has 1 aromatic heterocycles. The summed E-state index contributed by atoms with van der Waals surface area (Å²) in [5, 5.41) is 12.3. The molecule has 0 unspecified atom stereocenters. The first-order chi connectivity index (χ1) is 11.5. The fourth-order valence-electron chi connectivity index (χ4n) is 1.91. The van der Waals surface area contributed by atoms with Crippen LogP contribution in [0, 0.1) is 0 Å². The van der Waals surface area contributed by atoms with E-state index in [-0.39, 0.29) is 19.8 Å². The van der Waals surface area contributed by atoms with Crippen molar-refractivity contribution in [3.63, 3.8) is 0 Å². The van der Waals surface area contributed by atoms with Crippen LogP contribution in [0.4, 0.5) is 0 Å². The van der Waals surface area contributed by atoms with Crippen LogP contribution < -0.4 is 15.7 Å². The van der Waals surface area contributed by atoms with Gasteiger partial charge in [0.25, 0.3) is 5.91 Å².